The minimum atomic E-state index is -0.658. The van der Waals surface area contributed by atoms with Gasteiger partial charge in [-0.1, -0.05) is 0 Å². The normalized spacial score (nSPS) is 24.8. The highest BCUT2D eigenvalue weighted by atomic mass is 32.1. The van der Waals surface area contributed by atoms with Crippen LogP contribution in [0.3, 0.4) is 0 Å². The molecule has 2 N–H and O–H groups in total. The van der Waals surface area contributed by atoms with Gasteiger partial charge in [0.15, 0.2) is 0 Å². The molecule has 15 heavy (non-hydrogen) atoms. The second-order valence-electron chi connectivity index (χ2n) is 3.96. The Morgan fingerprint density at radius 1 is 1.60 bits per heavy atom. The zero-order valence-corrected chi connectivity index (χ0v) is 9.30. The summed E-state index contributed by atoms with van der Waals surface area (Å²) in [6.07, 6.45) is 2.82. The van der Waals surface area contributed by atoms with Gasteiger partial charge in [-0.05, 0) is 48.2 Å². The third-order valence-corrected chi connectivity index (χ3v) is 3.72. The van der Waals surface area contributed by atoms with Crippen LogP contribution < -0.4 is 5.32 Å². The largest absolute Gasteiger partial charge is 0.481 e. The quantitative estimate of drug-likeness (QED) is 0.802. The number of hydrogen-bond acceptors (Lipinski definition) is 3. The van der Waals surface area contributed by atoms with Gasteiger partial charge in [-0.15, -0.1) is 0 Å². The number of rotatable bonds is 5. The van der Waals surface area contributed by atoms with Crippen LogP contribution in [0.1, 0.15) is 18.4 Å². The van der Waals surface area contributed by atoms with Gasteiger partial charge in [0.25, 0.3) is 0 Å². The lowest BCUT2D eigenvalue weighted by Crippen LogP contribution is -2.48. The summed E-state index contributed by atoms with van der Waals surface area (Å²) in [5, 5.41) is 16.4. The minimum absolute atomic E-state index is 0.160. The van der Waals surface area contributed by atoms with Crippen molar-refractivity contribution in [3.05, 3.63) is 22.4 Å². The number of carboxylic acid groups (broad SMARTS) is 1. The summed E-state index contributed by atoms with van der Waals surface area (Å²) in [5.74, 6) is -0.818. The molecule has 0 saturated heterocycles. The van der Waals surface area contributed by atoms with Crippen molar-refractivity contribution in [1.29, 1.82) is 0 Å². The van der Waals surface area contributed by atoms with Gasteiger partial charge in [0.2, 0.25) is 0 Å². The maximum Gasteiger partial charge on any atom is 0.308 e. The monoisotopic (exact) mass is 225 g/mol. The van der Waals surface area contributed by atoms with Gasteiger partial charge in [0, 0.05) is 6.04 Å². The smallest absolute Gasteiger partial charge is 0.308 e. The molecule has 1 aromatic heterocycles. The number of thiophene rings is 1. The van der Waals surface area contributed by atoms with Crippen molar-refractivity contribution in [2.45, 2.75) is 25.3 Å². The summed E-state index contributed by atoms with van der Waals surface area (Å²) in [6, 6.07) is 2.31. The fourth-order valence-corrected chi connectivity index (χ4v) is 2.58. The third-order valence-electron chi connectivity index (χ3n) is 2.99. The van der Waals surface area contributed by atoms with Crippen LogP contribution in [-0.2, 0) is 11.2 Å². The summed E-state index contributed by atoms with van der Waals surface area (Å²) >= 11 is 1.70. The van der Waals surface area contributed by atoms with Crippen molar-refractivity contribution in [2.24, 2.45) is 5.92 Å². The van der Waals surface area contributed by atoms with Crippen molar-refractivity contribution in [3.63, 3.8) is 0 Å². The molecule has 0 radical (unpaired) electrons. The maximum atomic E-state index is 10.7. The van der Waals surface area contributed by atoms with E-state index in [9.17, 15) is 4.79 Å². The Hall–Kier alpha value is -0.870. The molecule has 4 heteroatoms. The number of carbonyl (C=O) groups is 1. The van der Waals surface area contributed by atoms with Gasteiger partial charge in [-0.25, -0.2) is 0 Å². The van der Waals surface area contributed by atoms with Crippen LogP contribution in [-0.4, -0.2) is 23.7 Å². The Labute approximate surface area is 93.1 Å². The van der Waals surface area contributed by atoms with Crippen LogP contribution in [0.25, 0.3) is 0 Å². The van der Waals surface area contributed by atoms with Crippen LogP contribution >= 0.6 is 11.3 Å². The lowest BCUT2D eigenvalue weighted by atomic mass is 9.79. The molecule has 1 aromatic rings. The average molecular weight is 225 g/mol. The highest BCUT2D eigenvalue weighted by Crippen LogP contribution is 2.27. The Bertz CT molecular complexity index is 323. The fourth-order valence-electron chi connectivity index (χ4n) is 1.88. The van der Waals surface area contributed by atoms with Crippen molar-refractivity contribution in [2.75, 3.05) is 6.54 Å². The van der Waals surface area contributed by atoms with Crippen molar-refractivity contribution in [1.82, 2.24) is 5.32 Å². The van der Waals surface area contributed by atoms with Crippen LogP contribution in [0, 0.1) is 5.92 Å². The number of nitrogens with one attached hydrogen (secondary N) is 1. The molecule has 1 aliphatic carbocycles. The molecule has 0 aliphatic heterocycles. The molecule has 0 bridgehead atoms. The molecule has 1 saturated carbocycles. The zero-order chi connectivity index (χ0) is 10.7. The first kappa shape index (κ1) is 10.6. The van der Waals surface area contributed by atoms with Crippen molar-refractivity contribution >= 4 is 17.3 Å². The van der Waals surface area contributed by atoms with E-state index in [1.54, 1.807) is 11.3 Å². The Morgan fingerprint density at radius 2 is 2.47 bits per heavy atom. The minimum Gasteiger partial charge on any atom is -0.481 e. The summed E-state index contributed by atoms with van der Waals surface area (Å²) in [7, 11) is 0. The van der Waals surface area contributed by atoms with Gasteiger partial charge in [0.1, 0.15) is 0 Å². The van der Waals surface area contributed by atoms with Crippen LogP contribution in [0.4, 0.5) is 0 Å². The Morgan fingerprint density at radius 3 is 3.00 bits per heavy atom. The molecule has 2 rings (SSSR count). The first-order chi connectivity index (χ1) is 7.27. The van der Waals surface area contributed by atoms with Gasteiger partial charge >= 0.3 is 5.97 Å². The highest BCUT2D eigenvalue weighted by Gasteiger charge is 2.35. The summed E-state index contributed by atoms with van der Waals surface area (Å²) < 4.78 is 0. The van der Waals surface area contributed by atoms with E-state index in [4.69, 9.17) is 5.11 Å². The van der Waals surface area contributed by atoms with E-state index < -0.39 is 5.97 Å². The predicted molar refractivity (Wildman–Crippen MR) is 60.2 cm³/mol. The molecule has 82 valence electrons. The highest BCUT2D eigenvalue weighted by molar-refractivity contribution is 7.07. The topological polar surface area (TPSA) is 49.3 Å². The van der Waals surface area contributed by atoms with Crippen LogP contribution in [0.15, 0.2) is 16.8 Å². The molecular formula is C11H15NO2S. The van der Waals surface area contributed by atoms with Crippen molar-refractivity contribution in [3.8, 4) is 0 Å². The summed E-state index contributed by atoms with van der Waals surface area (Å²) in [5.41, 5.74) is 1.33. The molecule has 1 fully saturated rings. The zero-order valence-electron chi connectivity index (χ0n) is 8.48. The standard InChI is InChI=1S/C11H15NO2S/c13-11(14)9-1-2-10(9)12-5-3-8-4-6-15-7-8/h4,6-7,9-10,12H,1-3,5H2,(H,13,14). The summed E-state index contributed by atoms with van der Waals surface area (Å²) in [6.45, 7) is 0.880. The van der Waals surface area contributed by atoms with Gasteiger partial charge in [0.05, 0.1) is 5.92 Å². The van der Waals surface area contributed by atoms with E-state index in [1.807, 2.05) is 0 Å². The molecular weight excluding hydrogens is 210 g/mol. The van der Waals surface area contributed by atoms with Gasteiger partial charge < -0.3 is 10.4 Å². The van der Waals surface area contributed by atoms with E-state index >= 15 is 0 Å². The molecule has 1 aliphatic rings. The average Bonchev–Trinajstić information content (AvgIpc) is 2.61. The van der Waals surface area contributed by atoms with E-state index in [-0.39, 0.29) is 12.0 Å². The van der Waals surface area contributed by atoms with E-state index in [1.165, 1.54) is 5.56 Å². The van der Waals surface area contributed by atoms with Crippen LogP contribution in [0.5, 0.6) is 0 Å². The maximum absolute atomic E-state index is 10.7. The predicted octanol–water partition coefficient (Wildman–Crippen LogP) is 1.74. The Balaban J connectivity index is 1.68. The lowest BCUT2D eigenvalue weighted by Gasteiger charge is -2.34. The van der Waals surface area contributed by atoms with Crippen molar-refractivity contribution < 1.29 is 9.90 Å². The van der Waals surface area contributed by atoms with Gasteiger partial charge in [-0.3, -0.25) is 4.79 Å². The second-order valence-corrected chi connectivity index (χ2v) is 4.74. The van der Waals surface area contributed by atoms with Crippen LogP contribution in [0.2, 0.25) is 0 Å². The molecule has 0 amide bonds. The first-order valence-electron chi connectivity index (χ1n) is 5.24. The lowest BCUT2D eigenvalue weighted by molar-refractivity contribution is -0.146. The Kier molecular flexibility index (Phi) is 3.38. The molecule has 3 nitrogen and oxygen atoms in total. The molecule has 0 aromatic carbocycles. The second kappa shape index (κ2) is 4.77. The number of aliphatic carboxylic acids is 1. The van der Waals surface area contributed by atoms with E-state index in [0.29, 0.717) is 0 Å². The number of hydrogen-bond donors (Lipinski definition) is 2. The molecule has 1 heterocycles. The third kappa shape index (κ3) is 2.58. The number of carboxylic acids is 1. The fraction of sp³-hybridized carbons (Fsp3) is 0.545. The van der Waals surface area contributed by atoms with E-state index in [2.05, 4.69) is 22.1 Å². The summed E-state index contributed by atoms with van der Waals surface area (Å²) in [4.78, 5) is 10.7. The van der Waals surface area contributed by atoms with Gasteiger partial charge in [-0.2, -0.15) is 11.3 Å². The van der Waals surface area contributed by atoms with E-state index in [0.717, 1.165) is 25.8 Å². The molecule has 0 spiro atoms. The SMILES string of the molecule is O=C(O)C1CCC1NCCc1ccsc1. The molecule has 2 atom stereocenters. The first-order valence-corrected chi connectivity index (χ1v) is 6.19. The molecule has 2 unspecified atom stereocenters.